The molecule has 178 valence electrons. The van der Waals surface area contributed by atoms with Gasteiger partial charge < -0.3 is 14.8 Å². The van der Waals surface area contributed by atoms with Crippen molar-refractivity contribution in [3.05, 3.63) is 0 Å². The van der Waals surface area contributed by atoms with E-state index < -0.39 is 17.6 Å². The van der Waals surface area contributed by atoms with Gasteiger partial charge in [-0.1, -0.05) is 112 Å². The lowest BCUT2D eigenvalue weighted by molar-refractivity contribution is -0.149. The molecule has 5 heteroatoms. The Morgan fingerprint density at radius 2 is 1.10 bits per heavy atom. The van der Waals surface area contributed by atoms with E-state index in [1.54, 1.807) is 0 Å². The Hall–Kier alpha value is -1.26. The zero-order chi connectivity index (χ0) is 22.7. The summed E-state index contributed by atoms with van der Waals surface area (Å²) in [7, 11) is 0. The van der Waals surface area contributed by atoms with Crippen LogP contribution in [-0.2, 0) is 14.3 Å². The Kier molecular flexibility index (Phi) is 17.7. The van der Waals surface area contributed by atoms with Crippen molar-refractivity contribution < 1.29 is 19.1 Å². The maximum atomic E-state index is 12.5. The first kappa shape index (κ1) is 28.7. The number of rotatable bonds is 18. The number of nitrogens with one attached hydrogen (secondary N) is 1. The summed E-state index contributed by atoms with van der Waals surface area (Å²) in [5, 5.41) is 2.68. The third-order valence-electron chi connectivity index (χ3n) is 5.34. The number of esters is 1. The Labute approximate surface area is 186 Å². The van der Waals surface area contributed by atoms with Gasteiger partial charge in [-0.3, -0.25) is 0 Å². The molecule has 1 unspecified atom stereocenters. The number of ether oxygens (including phenoxy) is 2. The molecule has 0 saturated heterocycles. The maximum Gasteiger partial charge on any atom is 0.407 e. The van der Waals surface area contributed by atoms with Crippen molar-refractivity contribution in [2.75, 3.05) is 13.2 Å². The summed E-state index contributed by atoms with van der Waals surface area (Å²) in [6, 6.07) is -0.705. The van der Waals surface area contributed by atoms with Crippen molar-refractivity contribution in [3.8, 4) is 0 Å². The molecule has 0 spiro atoms. The molecule has 1 atom stereocenters. The van der Waals surface area contributed by atoms with Gasteiger partial charge in [-0.05, 0) is 18.3 Å². The molecule has 0 aliphatic heterocycles. The highest BCUT2D eigenvalue weighted by Gasteiger charge is 2.34. The average molecular weight is 428 g/mol. The molecule has 0 radical (unpaired) electrons. The molecule has 0 saturated carbocycles. The highest BCUT2D eigenvalue weighted by Crippen LogP contribution is 2.21. The summed E-state index contributed by atoms with van der Waals surface area (Å²) in [6.07, 6.45) is 16.5. The van der Waals surface area contributed by atoms with Gasteiger partial charge >= 0.3 is 12.1 Å². The van der Waals surface area contributed by atoms with Crippen LogP contribution in [0.25, 0.3) is 0 Å². The van der Waals surface area contributed by atoms with Gasteiger partial charge in [-0.15, -0.1) is 0 Å². The predicted octanol–water partition coefficient (Wildman–Crippen LogP) is 7.17. The zero-order valence-electron chi connectivity index (χ0n) is 20.5. The molecule has 0 heterocycles. The molecule has 0 aliphatic rings. The van der Waals surface area contributed by atoms with Crippen LogP contribution in [0.4, 0.5) is 4.79 Å². The van der Waals surface area contributed by atoms with E-state index >= 15 is 0 Å². The van der Waals surface area contributed by atoms with Crippen molar-refractivity contribution in [3.63, 3.8) is 0 Å². The van der Waals surface area contributed by atoms with E-state index in [2.05, 4.69) is 12.2 Å². The van der Waals surface area contributed by atoms with E-state index in [1.807, 2.05) is 27.7 Å². The Morgan fingerprint density at radius 3 is 1.57 bits per heavy atom. The van der Waals surface area contributed by atoms with Crippen LogP contribution in [0, 0.1) is 5.41 Å². The van der Waals surface area contributed by atoms with Gasteiger partial charge in [0.05, 0.1) is 13.2 Å². The molecule has 0 fully saturated rings. The molecular weight excluding hydrogens is 378 g/mol. The lowest BCUT2D eigenvalue weighted by atomic mass is 9.87. The summed E-state index contributed by atoms with van der Waals surface area (Å²) >= 11 is 0. The smallest absolute Gasteiger partial charge is 0.407 e. The van der Waals surface area contributed by atoms with E-state index in [0.29, 0.717) is 13.2 Å². The fourth-order valence-corrected chi connectivity index (χ4v) is 3.30. The molecule has 0 aromatic rings. The first-order chi connectivity index (χ1) is 14.3. The van der Waals surface area contributed by atoms with Crippen LogP contribution in [0.15, 0.2) is 0 Å². The largest absolute Gasteiger partial charge is 0.464 e. The SMILES string of the molecule is CCCCCCCCCCCCCCOC(=O)C(NC(=O)OCCCC)C(C)(C)C. The van der Waals surface area contributed by atoms with Crippen LogP contribution in [0.3, 0.4) is 0 Å². The Morgan fingerprint density at radius 1 is 0.667 bits per heavy atom. The predicted molar refractivity (Wildman–Crippen MR) is 125 cm³/mol. The van der Waals surface area contributed by atoms with Crippen LogP contribution in [0.1, 0.15) is 125 Å². The average Bonchev–Trinajstić information content (AvgIpc) is 2.69. The molecule has 0 aromatic heterocycles. The van der Waals surface area contributed by atoms with Gasteiger partial charge in [0.2, 0.25) is 0 Å². The van der Waals surface area contributed by atoms with Gasteiger partial charge in [-0.2, -0.15) is 0 Å². The van der Waals surface area contributed by atoms with Gasteiger partial charge in [-0.25, -0.2) is 9.59 Å². The number of carbonyl (C=O) groups is 2. The minimum absolute atomic E-state index is 0.368. The van der Waals surface area contributed by atoms with Crippen molar-refractivity contribution in [2.24, 2.45) is 5.41 Å². The van der Waals surface area contributed by atoms with Crippen LogP contribution in [0.2, 0.25) is 0 Å². The minimum atomic E-state index is -0.705. The summed E-state index contributed by atoms with van der Waals surface area (Å²) < 4.78 is 10.6. The second kappa shape index (κ2) is 18.5. The lowest BCUT2D eigenvalue weighted by Gasteiger charge is -2.29. The first-order valence-electron chi connectivity index (χ1n) is 12.4. The summed E-state index contributed by atoms with van der Waals surface area (Å²) in [4.78, 5) is 24.4. The van der Waals surface area contributed by atoms with Gasteiger partial charge in [0.1, 0.15) is 6.04 Å². The highest BCUT2D eigenvalue weighted by atomic mass is 16.6. The van der Waals surface area contributed by atoms with Gasteiger partial charge in [0.15, 0.2) is 0 Å². The fraction of sp³-hybridized carbons (Fsp3) is 0.920. The second-order valence-electron chi connectivity index (χ2n) is 9.49. The fourth-order valence-electron chi connectivity index (χ4n) is 3.30. The molecule has 0 aromatic carbocycles. The maximum absolute atomic E-state index is 12.5. The summed E-state index contributed by atoms with van der Waals surface area (Å²) in [6.45, 7) is 10.8. The van der Waals surface area contributed by atoms with Crippen molar-refractivity contribution in [1.29, 1.82) is 0 Å². The van der Waals surface area contributed by atoms with E-state index in [0.717, 1.165) is 25.7 Å². The molecular formula is C25H49NO4. The summed E-state index contributed by atoms with van der Waals surface area (Å²) in [5.74, 6) is -0.377. The quantitative estimate of drug-likeness (QED) is 0.186. The minimum Gasteiger partial charge on any atom is -0.464 e. The normalized spacial score (nSPS) is 12.4. The van der Waals surface area contributed by atoms with Crippen LogP contribution in [-0.4, -0.2) is 31.3 Å². The number of unbranched alkanes of at least 4 members (excludes halogenated alkanes) is 12. The number of hydrogen-bond acceptors (Lipinski definition) is 4. The molecule has 0 aliphatic carbocycles. The zero-order valence-corrected chi connectivity index (χ0v) is 20.5. The monoisotopic (exact) mass is 427 g/mol. The number of carbonyl (C=O) groups excluding carboxylic acids is 2. The van der Waals surface area contributed by atoms with E-state index in [1.165, 1.54) is 64.2 Å². The number of amides is 1. The molecule has 0 rings (SSSR count). The van der Waals surface area contributed by atoms with Gasteiger partial charge in [0, 0.05) is 0 Å². The van der Waals surface area contributed by atoms with Crippen molar-refractivity contribution in [2.45, 2.75) is 131 Å². The standard InChI is InChI=1S/C25H49NO4/c1-6-8-10-11-12-13-14-15-16-17-18-19-21-29-23(27)22(25(3,4)5)26-24(28)30-20-9-7-2/h22H,6-21H2,1-5H3,(H,26,28). The van der Waals surface area contributed by atoms with Gasteiger partial charge in [0.25, 0.3) is 0 Å². The van der Waals surface area contributed by atoms with E-state index in [4.69, 9.17) is 9.47 Å². The number of hydrogen-bond donors (Lipinski definition) is 1. The molecule has 0 bridgehead atoms. The second-order valence-corrected chi connectivity index (χ2v) is 9.49. The highest BCUT2D eigenvalue weighted by molar-refractivity contribution is 5.82. The molecule has 30 heavy (non-hydrogen) atoms. The Bertz CT molecular complexity index is 431. The third kappa shape index (κ3) is 16.5. The van der Waals surface area contributed by atoms with E-state index in [9.17, 15) is 9.59 Å². The van der Waals surface area contributed by atoms with Crippen LogP contribution in [0.5, 0.6) is 0 Å². The van der Waals surface area contributed by atoms with Crippen LogP contribution < -0.4 is 5.32 Å². The first-order valence-corrected chi connectivity index (χ1v) is 12.4. The van der Waals surface area contributed by atoms with Crippen molar-refractivity contribution in [1.82, 2.24) is 5.32 Å². The molecule has 5 nitrogen and oxygen atoms in total. The molecule has 1 N–H and O–H groups in total. The van der Waals surface area contributed by atoms with Crippen molar-refractivity contribution >= 4 is 12.1 Å². The third-order valence-corrected chi connectivity index (χ3v) is 5.34. The van der Waals surface area contributed by atoms with Crippen LogP contribution >= 0.6 is 0 Å². The lowest BCUT2D eigenvalue weighted by Crippen LogP contribution is -2.50. The summed E-state index contributed by atoms with van der Waals surface area (Å²) in [5.41, 5.74) is -0.433. The van der Waals surface area contributed by atoms with E-state index in [-0.39, 0.29) is 5.97 Å². The Balaban J connectivity index is 3.85. The topological polar surface area (TPSA) is 64.6 Å². The number of alkyl carbamates (subject to hydrolysis) is 1. The molecule has 1 amide bonds.